The van der Waals surface area contributed by atoms with Gasteiger partial charge in [-0.1, -0.05) is 30.3 Å². The maximum absolute atomic E-state index is 13.4. The summed E-state index contributed by atoms with van der Waals surface area (Å²) in [4.78, 5) is 2.43. The molecule has 5 heteroatoms. The van der Waals surface area contributed by atoms with E-state index in [-0.39, 0.29) is 30.3 Å². The van der Waals surface area contributed by atoms with Crippen LogP contribution in [-0.2, 0) is 6.54 Å². The number of aliphatic hydroxyl groups is 1. The van der Waals surface area contributed by atoms with Crippen molar-refractivity contribution in [3.8, 4) is 11.1 Å². The van der Waals surface area contributed by atoms with E-state index in [1.54, 1.807) is 12.1 Å². The topological polar surface area (TPSA) is 35.5 Å². The molecule has 30 heavy (non-hydrogen) atoms. The number of halogens is 2. The molecule has 0 unspecified atom stereocenters. The van der Waals surface area contributed by atoms with Gasteiger partial charge in [0.05, 0.1) is 12.6 Å². The Kier molecular flexibility index (Phi) is 5.01. The first-order chi connectivity index (χ1) is 14.6. The first-order valence-electron chi connectivity index (χ1n) is 10.4. The summed E-state index contributed by atoms with van der Waals surface area (Å²) in [6.07, 6.45) is 0.990. The summed E-state index contributed by atoms with van der Waals surface area (Å²) in [5.74, 6) is -0.175. The molecule has 2 N–H and O–H groups in total. The Morgan fingerprint density at radius 3 is 2.27 bits per heavy atom. The molecule has 1 saturated heterocycles. The monoisotopic (exact) mass is 406 g/mol. The van der Waals surface area contributed by atoms with Crippen molar-refractivity contribution in [1.29, 1.82) is 0 Å². The fourth-order valence-electron chi connectivity index (χ4n) is 4.98. The van der Waals surface area contributed by atoms with Crippen LogP contribution < -0.4 is 5.32 Å². The van der Waals surface area contributed by atoms with Crippen LogP contribution >= 0.6 is 0 Å². The number of aliphatic hydroxyl groups excluding tert-OH is 1. The van der Waals surface area contributed by atoms with E-state index >= 15 is 0 Å². The first-order valence-corrected chi connectivity index (χ1v) is 10.4. The third-order valence-corrected chi connectivity index (χ3v) is 6.45. The van der Waals surface area contributed by atoms with Crippen molar-refractivity contribution in [2.24, 2.45) is 5.92 Å². The van der Waals surface area contributed by atoms with Crippen LogP contribution in [0.15, 0.2) is 66.7 Å². The molecule has 154 valence electrons. The second-order valence-electron chi connectivity index (χ2n) is 8.24. The Labute approximate surface area is 175 Å². The number of fused-ring (bicyclic) bond motifs is 3. The smallest absolute Gasteiger partial charge is 0.123 e. The predicted molar refractivity (Wildman–Crippen MR) is 114 cm³/mol. The molecule has 0 saturated carbocycles. The van der Waals surface area contributed by atoms with Crippen LogP contribution in [0.2, 0.25) is 0 Å². The van der Waals surface area contributed by atoms with Crippen LogP contribution in [0.1, 0.15) is 23.6 Å². The van der Waals surface area contributed by atoms with E-state index in [1.165, 1.54) is 29.8 Å². The van der Waals surface area contributed by atoms with E-state index in [9.17, 15) is 13.9 Å². The van der Waals surface area contributed by atoms with Gasteiger partial charge in [0.15, 0.2) is 0 Å². The molecule has 0 spiro atoms. The zero-order chi connectivity index (χ0) is 20.7. The van der Waals surface area contributed by atoms with Crippen LogP contribution in [0.25, 0.3) is 11.1 Å². The Bertz CT molecular complexity index is 1040. The van der Waals surface area contributed by atoms with Gasteiger partial charge < -0.3 is 10.4 Å². The van der Waals surface area contributed by atoms with Gasteiger partial charge in [-0.15, -0.1) is 0 Å². The highest BCUT2D eigenvalue weighted by atomic mass is 19.1. The molecule has 2 aliphatic rings. The minimum absolute atomic E-state index is 0.0115. The van der Waals surface area contributed by atoms with Gasteiger partial charge in [0.2, 0.25) is 0 Å². The van der Waals surface area contributed by atoms with Gasteiger partial charge in [-0.3, -0.25) is 4.90 Å². The highest BCUT2D eigenvalue weighted by molar-refractivity contribution is 5.70. The van der Waals surface area contributed by atoms with E-state index in [4.69, 9.17) is 0 Å². The van der Waals surface area contributed by atoms with E-state index < -0.39 is 0 Å². The molecule has 0 amide bonds. The number of rotatable bonds is 4. The average Bonchev–Trinajstić information content (AvgIpc) is 3.19. The Morgan fingerprint density at radius 1 is 0.900 bits per heavy atom. The maximum atomic E-state index is 13.4. The van der Waals surface area contributed by atoms with Crippen molar-refractivity contribution in [2.75, 3.05) is 18.5 Å². The highest BCUT2D eigenvalue weighted by Crippen LogP contribution is 2.47. The van der Waals surface area contributed by atoms with Gasteiger partial charge in [0.25, 0.3) is 0 Å². The van der Waals surface area contributed by atoms with Crippen LogP contribution in [0.3, 0.4) is 0 Å². The van der Waals surface area contributed by atoms with Crippen LogP contribution in [0, 0.1) is 17.6 Å². The number of nitrogens with zero attached hydrogens (tertiary/aromatic N) is 1. The number of hydrogen-bond acceptors (Lipinski definition) is 3. The van der Waals surface area contributed by atoms with Crippen molar-refractivity contribution in [3.05, 3.63) is 89.5 Å². The molecule has 0 aliphatic carbocycles. The quantitative estimate of drug-likeness (QED) is 0.641. The van der Waals surface area contributed by atoms with E-state index in [0.29, 0.717) is 5.92 Å². The van der Waals surface area contributed by atoms with Gasteiger partial charge in [0.1, 0.15) is 11.6 Å². The van der Waals surface area contributed by atoms with Gasteiger partial charge in [0, 0.05) is 24.2 Å². The number of benzene rings is 3. The predicted octanol–water partition coefficient (Wildman–Crippen LogP) is 4.98. The van der Waals surface area contributed by atoms with E-state index in [1.807, 2.05) is 18.2 Å². The molecule has 0 radical (unpaired) electrons. The molecule has 3 nitrogen and oxygen atoms in total. The summed E-state index contributed by atoms with van der Waals surface area (Å²) < 4.78 is 26.7. The van der Waals surface area contributed by atoms with Gasteiger partial charge in [-0.25, -0.2) is 8.78 Å². The summed E-state index contributed by atoms with van der Waals surface area (Å²) in [6.45, 7) is 1.75. The average molecular weight is 406 g/mol. The van der Waals surface area contributed by atoms with Crippen LogP contribution in [-0.4, -0.2) is 29.2 Å². The lowest BCUT2D eigenvalue weighted by Gasteiger charge is -2.39. The molecule has 3 aromatic rings. The molecular weight excluding hydrogens is 382 g/mol. The highest BCUT2D eigenvalue weighted by Gasteiger charge is 2.43. The van der Waals surface area contributed by atoms with Crippen LogP contribution in [0.5, 0.6) is 0 Å². The minimum atomic E-state index is -0.245. The first kappa shape index (κ1) is 19.2. The molecule has 0 bridgehead atoms. The van der Waals surface area contributed by atoms with Crippen LogP contribution in [0.4, 0.5) is 14.5 Å². The molecule has 2 heterocycles. The molecule has 5 rings (SSSR count). The minimum Gasteiger partial charge on any atom is -0.394 e. The Hall–Kier alpha value is -2.76. The molecule has 3 atom stereocenters. The van der Waals surface area contributed by atoms with E-state index in [0.717, 1.165) is 41.9 Å². The van der Waals surface area contributed by atoms with Crippen molar-refractivity contribution >= 4 is 5.69 Å². The number of nitrogens with one attached hydrogen (secondary N) is 1. The van der Waals surface area contributed by atoms with E-state index in [2.05, 4.69) is 22.3 Å². The van der Waals surface area contributed by atoms with Crippen molar-refractivity contribution in [2.45, 2.75) is 25.0 Å². The number of likely N-dealkylation sites (tertiary alicyclic amines) is 1. The normalized spacial score (nSPS) is 23.0. The fraction of sp³-hybridized carbons (Fsp3) is 0.280. The maximum Gasteiger partial charge on any atom is 0.123 e. The molecule has 0 aromatic heterocycles. The third kappa shape index (κ3) is 3.48. The SMILES string of the molecule is OC[C@H]1Nc2ccc(-c3ccc(F)cc3)cc2[C@@H]2[C@H]1CCN2Cc1ccc(F)cc1. The molecule has 1 fully saturated rings. The largest absolute Gasteiger partial charge is 0.394 e. The summed E-state index contributed by atoms with van der Waals surface area (Å²) in [7, 11) is 0. The number of anilines is 1. The van der Waals surface area contributed by atoms with Crippen molar-refractivity contribution < 1.29 is 13.9 Å². The number of hydrogen-bond donors (Lipinski definition) is 2. The standard InChI is InChI=1S/C25H24F2N2O/c26-19-6-1-16(2-7-19)14-29-12-11-21-24(15-30)28-23-10-5-18(13-22(23)25(21)29)17-3-8-20(27)9-4-17/h1-10,13,21,24-25,28,30H,11-12,14-15H2/t21-,24+,25-/m0/s1. The summed E-state index contributed by atoms with van der Waals surface area (Å²) in [6, 6.07) is 19.7. The molecule has 3 aromatic carbocycles. The van der Waals surface area contributed by atoms with Crippen molar-refractivity contribution in [3.63, 3.8) is 0 Å². The Balaban J connectivity index is 1.52. The lowest BCUT2D eigenvalue weighted by molar-refractivity contribution is 0.172. The molecular formula is C25H24F2N2O. The summed E-state index contributed by atoms with van der Waals surface area (Å²) in [5.41, 5.74) is 5.33. The van der Waals surface area contributed by atoms with Gasteiger partial charge in [-0.05, 0) is 71.6 Å². The fourth-order valence-corrected chi connectivity index (χ4v) is 4.98. The lowest BCUT2D eigenvalue weighted by Crippen LogP contribution is -2.41. The summed E-state index contributed by atoms with van der Waals surface area (Å²) in [5, 5.41) is 13.5. The van der Waals surface area contributed by atoms with Gasteiger partial charge >= 0.3 is 0 Å². The Morgan fingerprint density at radius 2 is 1.57 bits per heavy atom. The summed E-state index contributed by atoms with van der Waals surface area (Å²) >= 11 is 0. The molecule has 2 aliphatic heterocycles. The van der Waals surface area contributed by atoms with Gasteiger partial charge in [-0.2, -0.15) is 0 Å². The zero-order valence-corrected chi connectivity index (χ0v) is 16.6. The van der Waals surface area contributed by atoms with Crippen molar-refractivity contribution in [1.82, 2.24) is 4.90 Å². The second-order valence-corrected chi connectivity index (χ2v) is 8.24. The lowest BCUT2D eigenvalue weighted by atomic mass is 9.82. The third-order valence-electron chi connectivity index (χ3n) is 6.45. The second kappa shape index (κ2) is 7.82. The zero-order valence-electron chi connectivity index (χ0n) is 16.6.